The molecular formula is C22H16FN5OS. The van der Waals surface area contributed by atoms with Crippen molar-refractivity contribution in [3.8, 4) is 6.07 Å². The van der Waals surface area contributed by atoms with Crippen molar-refractivity contribution in [2.45, 2.75) is 13.0 Å². The number of carbonyl (C=O) groups is 1. The number of hydrogen-bond acceptors (Lipinski definition) is 6. The number of halogens is 1. The Kier molecular flexibility index (Phi) is 4.26. The lowest BCUT2D eigenvalue weighted by atomic mass is 10.1. The highest BCUT2D eigenvalue weighted by molar-refractivity contribution is 7.21. The molecule has 0 spiro atoms. The van der Waals surface area contributed by atoms with Gasteiger partial charge in [0.1, 0.15) is 22.6 Å². The molecule has 3 N–H and O–H groups in total. The van der Waals surface area contributed by atoms with E-state index >= 15 is 0 Å². The Bertz CT molecular complexity index is 1370. The van der Waals surface area contributed by atoms with Crippen molar-refractivity contribution < 1.29 is 9.18 Å². The molecule has 0 bridgehead atoms. The topological polar surface area (TPSA) is 89.8 Å². The predicted molar refractivity (Wildman–Crippen MR) is 117 cm³/mol. The van der Waals surface area contributed by atoms with Crippen LogP contribution in [-0.2, 0) is 0 Å². The molecule has 1 aliphatic heterocycles. The van der Waals surface area contributed by atoms with Gasteiger partial charge in [0.25, 0.3) is 5.91 Å². The van der Waals surface area contributed by atoms with Crippen LogP contribution < -0.4 is 16.0 Å². The van der Waals surface area contributed by atoms with Gasteiger partial charge in [0.15, 0.2) is 0 Å². The van der Waals surface area contributed by atoms with Gasteiger partial charge in [-0.25, -0.2) is 9.37 Å². The Morgan fingerprint density at radius 3 is 2.97 bits per heavy atom. The van der Waals surface area contributed by atoms with Crippen molar-refractivity contribution in [2.75, 3.05) is 17.2 Å². The van der Waals surface area contributed by atoms with Crippen LogP contribution in [0.5, 0.6) is 0 Å². The quantitative estimate of drug-likeness (QED) is 0.438. The molecule has 6 nitrogen and oxygen atoms in total. The van der Waals surface area contributed by atoms with E-state index in [4.69, 9.17) is 0 Å². The van der Waals surface area contributed by atoms with Crippen molar-refractivity contribution in [3.63, 3.8) is 0 Å². The summed E-state index contributed by atoms with van der Waals surface area (Å²) in [7, 11) is 0. The summed E-state index contributed by atoms with van der Waals surface area (Å²) in [6, 6.07) is 13.6. The van der Waals surface area contributed by atoms with E-state index < -0.39 is 5.82 Å². The lowest BCUT2D eigenvalue weighted by molar-refractivity contribution is 0.0949. The molecule has 0 saturated carbocycles. The molecule has 1 unspecified atom stereocenters. The summed E-state index contributed by atoms with van der Waals surface area (Å²) in [6.07, 6.45) is 0. The highest BCUT2D eigenvalue weighted by Gasteiger charge is 2.24. The third kappa shape index (κ3) is 3.00. The predicted octanol–water partition coefficient (Wildman–Crippen LogP) is 4.75. The Balaban J connectivity index is 1.62. The number of benzene rings is 2. The van der Waals surface area contributed by atoms with E-state index in [0.29, 0.717) is 28.5 Å². The smallest absolute Gasteiger partial charge is 0.263 e. The van der Waals surface area contributed by atoms with Gasteiger partial charge in [-0.15, -0.1) is 11.3 Å². The van der Waals surface area contributed by atoms with Gasteiger partial charge in [-0.1, -0.05) is 0 Å². The van der Waals surface area contributed by atoms with E-state index in [9.17, 15) is 14.4 Å². The zero-order valence-electron chi connectivity index (χ0n) is 15.9. The summed E-state index contributed by atoms with van der Waals surface area (Å²) < 4.78 is 14.6. The van der Waals surface area contributed by atoms with Gasteiger partial charge < -0.3 is 16.0 Å². The first kappa shape index (κ1) is 18.3. The third-order valence-corrected chi connectivity index (χ3v) is 6.21. The van der Waals surface area contributed by atoms with Crippen LogP contribution in [0.25, 0.3) is 21.0 Å². The molecule has 30 heavy (non-hydrogen) atoms. The summed E-state index contributed by atoms with van der Waals surface area (Å²) in [5, 5.41) is 20.6. The number of aromatic nitrogens is 1. The van der Waals surface area contributed by atoms with Gasteiger partial charge in [0.05, 0.1) is 22.5 Å². The average Bonchev–Trinajstić information content (AvgIpc) is 3.05. The van der Waals surface area contributed by atoms with Gasteiger partial charge >= 0.3 is 0 Å². The van der Waals surface area contributed by atoms with Crippen LogP contribution in [0.4, 0.5) is 21.6 Å². The molecular weight excluding hydrogens is 401 g/mol. The van der Waals surface area contributed by atoms with Crippen LogP contribution in [0.3, 0.4) is 0 Å². The van der Waals surface area contributed by atoms with E-state index in [0.717, 1.165) is 26.7 Å². The minimum absolute atomic E-state index is 0.0386. The fourth-order valence-corrected chi connectivity index (χ4v) is 4.75. The fourth-order valence-electron chi connectivity index (χ4n) is 3.65. The molecule has 4 aromatic rings. The monoisotopic (exact) mass is 417 g/mol. The largest absolute Gasteiger partial charge is 0.381 e. The van der Waals surface area contributed by atoms with Crippen LogP contribution in [0.2, 0.25) is 0 Å². The van der Waals surface area contributed by atoms with E-state index in [1.54, 1.807) is 6.07 Å². The average molecular weight is 417 g/mol. The first-order valence-electron chi connectivity index (χ1n) is 9.41. The number of thiophene rings is 1. The molecule has 0 saturated heterocycles. The Labute approximate surface area is 175 Å². The zero-order chi connectivity index (χ0) is 20.8. The van der Waals surface area contributed by atoms with Crippen molar-refractivity contribution in [2.24, 2.45) is 0 Å². The number of fused-ring (bicyclic) bond motifs is 5. The van der Waals surface area contributed by atoms with E-state index in [1.165, 1.54) is 29.5 Å². The standard InChI is InChI=1S/C22H16FN5OS/c1-11-10-25-20-19-14-4-7-18(28-16-8-13(23)3-2-12(16)9-24)27-15(14)5-6-17(19)30-21(20)22(29)26-11/h2-8,11,25H,10H2,1H3,(H,26,29)(H,27,28). The normalized spacial score (nSPS) is 15.8. The molecule has 3 heterocycles. The van der Waals surface area contributed by atoms with Crippen LogP contribution in [-0.4, -0.2) is 23.5 Å². The molecule has 5 rings (SSSR count). The van der Waals surface area contributed by atoms with E-state index in [1.807, 2.05) is 31.2 Å². The van der Waals surface area contributed by atoms with Gasteiger partial charge in [-0.3, -0.25) is 4.79 Å². The second-order valence-corrected chi connectivity index (χ2v) is 8.24. The molecule has 0 aliphatic carbocycles. The maximum atomic E-state index is 13.6. The maximum Gasteiger partial charge on any atom is 0.263 e. The van der Waals surface area contributed by atoms with Crippen LogP contribution >= 0.6 is 11.3 Å². The number of nitriles is 1. The molecule has 8 heteroatoms. The third-order valence-electron chi connectivity index (χ3n) is 5.06. The summed E-state index contributed by atoms with van der Waals surface area (Å²) in [6.45, 7) is 2.60. The summed E-state index contributed by atoms with van der Waals surface area (Å²) >= 11 is 1.46. The summed E-state index contributed by atoms with van der Waals surface area (Å²) in [5.74, 6) is 0.00127. The van der Waals surface area contributed by atoms with Crippen LogP contribution in [0, 0.1) is 17.1 Å². The number of anilines is 3. The molecule has 148 valence electrons. The minimum Gasteiger partial charge on any atom is -0.381 e. The maximum absolute atomic E-state index is 13.6. The second-order valence-electron chi connectivity index (χ2n) is 7.19. The van der Waals surface area contributed by atoms with Crippen LogP contribution in [0.15, 0.2) is 42.5 Å². The van der Waals surface area contributed by atoms with Gasteiger partial charge in [0, 0.05) is 28.1 Å². The highest BCUT2D eigenvalue weighted by Crippen LogP contribution is 2.41. The Morgan fingerprint density at radius 1 is 1.27 bits per heavy atom. The molecule has 1 amide bonds. The summed E-state index contributed by atoms with van der Waals surface area (Å²) in [5.41, 5.74) is 2.27. The number of nitrogens with one attached hydrogen (secondary N) is 3. The van der Waals surface area contributed by atoms with Gasteiger partial charge in [-0.05, 0) is 49.4 Å². The lowest BCUT2D eigenvalue weighted by Gasteiger charge is -2.11. The van der Waals surface area contributed by atoms with Crippen LogP contribution in [0.1, 0.15) is 22.2 Å². The molecule has 1 atom stereocenters. The number of nitrogens with zero attached hydrogens (tertiary/aromatic N) is 2. The number of pyridine rings is 1. The highest BCUT2D eigenvalue weighted by atomic mass is 32.1. The van der Waals surface area contributed by atoms with Gasteiger partial charge in [-0.2, -0.15) is 5.26 Å². The number of amides is 1. The SMILES string of the molecule is CC1CNc2c(sc3ccc4nc(Nc5cc(F)ccc5C#N)ccc4c23)C(=O)N1. The Morgan fingerprint density at radius 2 is 2.13 bits per heavy atom. The molecule has 2 aromatic carbocycles. The van der Waals surface area contributed by atoms with Crippen molar-refractivity contribution in [1.29, 1.82) is 5.26 Å². The van der Waals surface area contributed by atoms with Crippen molar-refractivity contribution in [1.82, 2.24) is 10.3 Å². The lowest BCUT2D eigenvalue weighted by Crippen LogP contribution is -2.34. The van der Waals surface area contributed by atoms with Gasteiger partial charge in [0.2, 0.25) is 0 Å². The van der Waals surface area contributed by atoms with E-state index in [2.05, 4.69) is 20.9 Å². The number of hydrogen-bond donors (Lipinski definition) is 3. The Hall–Kier alpha value is -3.70. The zero-order valence-corrected chi connectivity index (χ0v) is 16.7. The fraction of sp³-hybridized carbons (Fsp3) is 0.136. The first-order valence-corrected chi connectivity index (χ1v) is 10.2. The van der Waals surface area contributed by atoms with Crippen molar-refractivity contribution >= 4 is 55.4 Å². The minimum atomic E-state index is -0.432. The second kappa shape index (κ2) is 6.97. The molecule has 2 aromatic heterocycles. The number of carbonyl (C=O) groups excluding carboxylic acids is 1. The molecule has 0 radical (unpaired) electrons. The first-order chi connectivity index (χ1) is 14.5. The number of rotatable bonds is 2. The molecule has 0 fully saturated rings. The van der Waals surface area contributed by atoms with E-state index in [-0.39, 0.29) is 11.9 Å². The van der Waals surface area contributed by atoms with Crippen molar-refractivity contribution in [3.05, 3.63) is 58.7 Å². The molecule has 1 aliphatic rings. The summed E-state index contributed by atoms with van der Waals surface area (Å²) in [4.78, 5) is 17.9.